The standard InChI is InChI=1S/C15H9FN2O2S/c16-11-5-2-6-17-13(11)14-18-12(8-21-14)9-3-1-4-10(7-9)15(19)20/h1-8H,(H,19,20). The molecule has 0 bridgehead atoms. The summed E-state index contributed by atoms with van der Waals surface area (Å²) in [7, 11) is 0. The quantitative estimate of drug-likeness (QED) is 0.801. The predicted molar refractivity (Wildman–Crippen MR) is 77.7 cm³/mol. The van der Waals surface area contributed by atoms with Crippen LogP contribution < -0.4 is 0 Å². The Morgan fingerprint density at radius 1 is 1.24 bits per heavy atom. The highest BCUT2D eigenvalue weighted by Crippen LogP contribution is 2.29. The summed E-state index contributed by atoms with van der Waals surface area (Å²) in [6, 6.07) is 9.31. The smallest absolute Gasteiger partial charge is 0.335 e. The van der Waals surface area contributed by atoms with Gasteiger partial charge in [0.2, 0.25) is 0 Å². The number of carbonyl (C=O) groups is 1. The Hall–Kier alpha value is -2.60. The maximum absolute atomic E-state index is 13.7. The van der Waals surface area contributed by atoms with Crippen molar-refractivity contribution in [1.29, 1.82) is 0 Å². The van der Waals surface area contributed by atoms with Crippen LogP contribution in [-0.2, 0) is 0 Å². The van der Waals surface area contributed by atoms with Gasteiger partial charge in [-0.2, -0.15) is 0 Å². The van der Waals surface area contributed by atoms with E-state index in [0.29, 0.717) is 16.3 Å². The number of thiazole rings is 1. The number of halogens is 1. The molecule has 0 fully saturated rings. The molecule has 0 unspecified atom stereocenters. The first-order valence-corrected chi connectivity index (χ1v) is 6.93. The predicted octanol–water partition coefficient (Wildman–Crippen LogP) is 3.71. The third kappa shape index (κ3) is 2.66. The van der Waals surface area contributed by atoms with E-state index >= 15 is 0 Å². The summed E-state index contributed by atoms with van der Waals surface area (Å²) in [5.74, 6) is -1.43. The SMILES string of the molecule is O=C(O)c1cccc(-c2csc(-c3ncccc3F)n2)c1. The van der Waals surface area contributed by atoms with E-state index in [9.17, 15) is 9.18 Å². The summed E-state index contributed by atoms with van der Waals surface area (Å²) in [4.78, 5) is 19.3. The van der Waals surface area contributed by atoms with Crippen LogP contribution in [0.2, 0.25) is 0 Å². The van der Waals surface area contributed by atoms with E-state index in [1.807, 2.05) is 0 Å². The molecule has 0 saturated heterocycles. The Bertz CT molecular complexity index is 817. The Labute approximate surface area is 123 Å². The highest BCUT2D eigenvalue weighted by molar-refractivity contribution is 7.13. The van der Waals surface area contributed by atoms with Gasteiger partial charge in [-0.05, 0) is 24.3 Å². The maximum atomic E-state index is 13.7. The van der Waals surface area contributed by atoms with Crippen molar-refractivity contribution in [3.05, 3.63) is 59.4 Å². The third-order valence-electron chi connectivity index (χ3n) is 2.87. The van der Waals surface area contributed by atoms with Gasteiger partial charge >= 0.3 is 5.97 Å². The van der Waals surface area contributed by atoms with E-state index < -0.39 is 11.8 Å². The fourth-order valence-electron chi connectivity index (χ4n) is 1.87. The largest absolute Gasteiger partial charge is 0.478 e. The van der Waals surface area contributed by atoms with E-state index in [0.717, 1.165) is 0 Å². The van der Waals surface area contributed by atoms with Crippen molar-refractivity contribution in [2.75, 3.05) is 0 Å². The van der Waals surface area contributed by atoms with Crippen LogP contribution >= 0.6 is 11.3 Å². The number of hydrogen-bond donors (Lipinski definition) is 1. The molecular weight excluding hydrogens is 291 g/mol. The highest BCUT2D eigenvalue weighted by atomic mass is 32.1. The molecule has 0 aliphatic carbocycles. The fraction of sp³-hybridized carbons (Fsp3) is 0. The average Bonchev–Trinajstić information content (AvgIpc) is 2.97. The molecule has 3 rings (SSSR count). The van der Waals surface area contributed by atoms with Crippen LogP contribution in [-0.4, -0.2) is 21.0 Å². The number of pyridine rings is 1. The monoisotopic (exact) mass is 300 g/mol. The van der Waals surface area contributed by atoms with E-state index in [4.69, 9.17) is 5.11 Å². The first-order chi connectivity index (χ1) is 10.1. The number of carboxylic acid groups (broad SMARTS) is 1. The summed E-state index contributed by atoms with van der Waals surface area (Å²) in [6.45, 7) is 0. The van der Waals surface area contributed by atoms with Gasteiger partial charge in [-0.15, -0.1) is 11.3 Å². The van der Waals surface area contributed by atoms with E-state index in [1.165, 1.54) is 41.8 Å². The normalized spacial score (nSPS) is 10.5. The van der Waals surface area contributed by atoms with Gasteiger partial charge in [0, 0.05) is 17.1 Å². The van der Waals surface area contributed by atoms with Gasteiger partial charge in [-0.3, -0.25) is 4.98 Å². The minimum absolute atomic E-state index is 0.186. The molecule has 0 aliphatic heterocycles. The second-order valence-corrected chi connectivity index (χ2v) is 5.12. The number of rotatable bonds is 3. The minimum atomic E-state index is -0.997. The molecule has 6 heteroatoms. The number of carboxylic acids is 1. The lowest BCUT2D eigenvalue weighted by Crippen LogP contribution is -1.95. The van der Waals surface area contributed by atoms with Crippen LogP contribution in [0.15, 0.2) is 48.0 Å². The molecule has 1 aromatic carbocycles. The van der Waals surface area contributed by atoms with Crippen LogP contribution in [0, 0.1) is 5.82 Å². The molecule has 0 atom stereocenters. The first kappa shape index (κ1) is 13.4. The van der Waals surface area contributed by atoms with Crippen LogP contribution in [0.1, 0.15) is 10.4 Å². The molecule has 2 heterocycles. The zero-order valence-corrected chi connectivity index (χ0v) is 11.5. The molecule has 21 heavy (non-hydrogen) atoms. The van der Waals surface area contributed by atoms with Crippen LogP contribution in [0.4, 0.5) is 4.39 Å². The summed E-state index contributed by atoms with van der Waals surface area (Å²) in [5, 5.41) is 11.2. The topological polar surface area (TPSA) is 63.1 Å². The highest BCUT2D eigenvalue weighted by Gasteiger charge is 2.12. The molecule has 0 aliphatic rings. The molecule has 0 spiro atoms. The van der Waals surface area contributed by atoms with Crippen molar-refractivity contribution >= 4 is 17.3 Å². The summed E-state index contributed by atoms with van der Waals surface area (Å²) in [6.07, 6.45) is 1.50. The van der Waals surface area contributed by atoms with Crippen molar-refractivity contribution in [3.63, 3.8) is 0 Å². The van der Waals surface area contributed by atoms with Gasteiger partial charge in [0.1, 0.15) is 10.7 Å². The maximum Gasteiger partial charge on any atom is 0.335 e. The van der Waals surface area contributed by atoms with Gasteiger partial charge in [-0.25, -0.2) is 14.2 Å². The van der Waals surface area contributed by atoms with Crippen LogP contribution in [0.25, 0.3) is 22.0 Å². The second-order valence-electron chi connectivity index (χ2n) is 4.26. The lowest BCUT2D eigenvalue weighted by molar-refractivity contribution is 0.0697. The second kappa shape index (κ2) is 5.41. The number of benzene rings is 1. The summed E-state index contributed by atoms with van der Waals surface area (Å²) in [5.41, 5.74) is 1.66. The van der Waals surface area contributed by atoms with Gasteiger partial charge in [0.15, 0.2) is 5.82 Å². The van der Waals surface area contributed by atoms with E-state index in [-0.39, 0.29) is 11.3 Å². The average molecular weight is 300 g/mol. The number of aromatic carboxylic acids is 1. The first-order valence-electron chi connectivity index (χ1n) is 6.05. The van der Waals surface area contributed by atoms with Gasteiger partial charge in [-0.1, -0.05) is 12.1 Å². The molecule has 2 aromatic heterocycles. The fourth-order valence-corrected chi connectivity index (χ4v) is 2.69. The number of hydrogen-bond acceptors (Lipinski definition) is 4. The molecule has 0 radical (unpaired) electrons. The Kier molecular flexibility index (Phi) is 3.45. The molecule has 1 N–H and O–H groups in total. The Balaban J connectivity index is 2.01. The van der Waals surface area contributed by atoms with Crippen LogP contribution in [0.5, 0.6) is 0 Å². The van der Waals surface area contributed by atoms with E-state index in [1.54, 1.807) is 17.5 Å². The zero-order valence-electron chi connectivity index (χ0n) is 10.7. The zero-order chi connectivity index (χ0) is 14.8. The van der Waals surface area contributed by atoms with Gasteiger partial charge in [0.05, 0.1) is 11.3 Å². The number of nitrogens with zero attached hydrogens (tertiary/aromatic N) is 2. The van der Waals surface area contributed by atoms with Crippen molar-refractivity contribution in [2.24, 2.45) is 0 Å². The third-order valence-corrected chi connectivity index (χ3v) is 3.72. The molecule has 3 aromatic rings. The molecule has 4 nitrogen and oxygen atoms in total. The number of aromatic nitrogens is 2. The van der Waals surface area contributed by atoms with Crippen molar-refractivity contribution in [2.45, 2.75) is 0 Å². The van der Waals surface area contributed by atoms with E-state index in [2.05, 4.69) is 9.97 Å². The molecular formula is C15H9FN2O2S. The van der Waals surface area contributed by atoms with Gasteiger partial charge in [0.25, 0.3) is 0 Å². The molecule has 0 saturated carbocycles. The van der Waals surface area contributed by atoms with Crippen molar-refractivity contribution < 1.29 is 14.3 Å². The molecule has 0 amide bonds. The lowest BCUT2D eigenvalue weighted by atomic mass is 10.1. The van der Waals surface area contributed by atoms with Crippen molar-refractivity contribution in [1.82, 2.24) is 9.97 Å². The van der Waals surface area contributed by atoms with Crippen molar-refractivity contribution in [3.8, 4) is 22.0 Å². The van der Waals surface area contributed by atoms with Gasteiger partial charge < -0.3 is 5.11 Å². The van der Waals surface area contributed by atoms with Crippen LogP contribution in [0.3, 0.4) is 0 Å². The summed E-state index contributed by atoms with van der Waals surface area (Å²) >= 11 is 1.26. The minimum Gasteiger partial charge on any atom is -0.478 e. The lowest BCUT2D eigenvalue weighted by Gasteiger charge is -1.99. The Morgan fingerprint density at radius 3 is 2.86 bits per heavy atom. The summed E-state index contributed by atoms with van der Waals surface area (Å²) < 4.78 is 13.7. The molecule has 104 valence electrons. The Morgan fingerprint density at radius 2 is 2.10 bits per heavy atom.